The van der Waals surface area contributed by atoms with Crippen molar-refractivity contribution in [2.24, 2.45) is 17.8 Å². The quantitative estimate of drug-likeness (QED) is 0.632. The summed E-state index contributed by atoms with van der Waals surface area (Å²) in [6.45, 7) is 1.51. The minimum absolute atomic E-state index is 0.0153. The molecule has 1 aliphatic carbocycles. The van der Waals surface area contributed by atoms with Gasteiger partial charge >= 0.3 is 0 Å². The van der Waals surface area contributed by atoms with Crippen molar-refractivity contribution in [2.45, 2.75) is 56.2 Å². The molecule has 3 fully saturated rings. The van der Waals surface area contributed by atoms with Gasteiger partial charge < -0.3 is 20.7 Å². The van der Waals surface area contributed by atoms with E-state index in [2.05, 4.69) is 22.0 Å². The summed E-state index contributed by atoms with van der Waals surface area (Å²) in [6, 6.07) is 1.65. The Morgan fingerprint density at radius 1 is 1.28 bits per heavy atom. The molecule has 8 atom stereocenters. The zero-order valence-electron chi connectivity index (χ0n) is 16.1. The highest BCUT2D eigenvalue weighted by Gasteiger charge is 2.42. The lowest BCUT2D eigenvalue weighted by Crippen LogP contribution is -2.62. The fourth-order valence-corrected chi connectivity index (χ4v) is 5.02. The van der Waals surface area contributed by atoms with Crippen LogP contribution in [0.15, 0.2) is 11.6 Å². The fourth-order valence-electron chi connectivity index (χ4n) is 5.02. The van der Waals surface area contributed by atoms with Crippen molar-refractivity contribution in [1.82, 2.24) is 16.0 Å². The third-order valence-corrected chi connectivity index (χ3v) is 6.55. The second kappa shape index (κ2) is 8.36. The van der Waals surface area contributed by atoms with Crippen LogP contribution in [0, 0.1) is 29.1 Å². The molecule has 0 aromatic carbocycles. The normalized spacial score (nSPS) is 41.8. The van der Waals surface area contributed by atoms with E-state index in [1.165, 1.54) is 0 Å². The van der Waals surface area contributed by atoms with Crippen LogP contribution in [0.2, 0.25) is 0 Å². The summed E-state index contributed by atoms with van der Waals surface area (Å²) in [5.74, 6) is -0.890. The maximum atomic E-state index is 13.7. The Morgan fingerprint density at radius 3 is 2.86 bits per heavy atom. The highest BCUT2D eigenvalue weighted by atomic mass is 19.2. The molecule has 7 unspecified atom stereocenters. The van der Waals surface area contributed by atoms with Crippen molar-refractivity contribution >= 4 is 11.8 Å². The first-order chi connectivity index (χ1) is 13.9. The van der Waals surface area contributed by atoms with Crippen molar-refractivity contribution in [1.29, 1.82) is 5.26 Å². The van der Waals surface area contributed by atoms with Crippen LogP contribution < -0.4 is 16.0 Å². The van der Waals surface area contributed by atoms with Gasteiger partial charge in [-0.25, -0.2) is 8.78 Å². The number of piperidine rings is 1. The van der Waals surface area contributed by atoms with Gasteiger partial charge in [0.1, 0.15) is 12.3 Å². The SMILES string of the molecule is N#CC1CNC2C(COC[C@H]2NC(=O)CC2=CC3CC(F)C(F)CC3NC2=O)C1. The van der Waals surface area contributed by atoms with Gasteiger partial charge in [-0.05, 0) is 12.8 Å². The largest absolute Gasteiger partial charge is 0.379 e. The van der Waals surface area contributed by atoms with Crippen LogP contribution in [0.25, 0.3) is 0 Å². The Morgan fingerprint density at radius 2 is 2.07 bits per heavy atom. The van der Waals surface area contributed by atoms with Crippen LogP contribution in [-0.4, -0.2) is 62.0 Å². The van der Waals surface area contributed by atoms with E-state index in [-0.39, 0.29) is 55.0 Å². The van der Waals surface area contributed by atoms with Gasteiger partial charge in [0.25, 0.3) is 0 Å². The van der Waals surface area contributed by atoms with Gasteiger partial charge in [0, 0.05) is 42.5 Å². The number of hydrogen-bond acceptors (Lipinski definition) is 5. The Kier molecular flexibility index (Phi) is 5.83. The Labute approximate surface area is 168 Å². The van der Waals surface area contributed by atoms with E-state index >= 15 is 0 Å². The van der Waals surface area contributed by atoms with E-state index in [9.17, 15) is 18.4 Å². The van der Waals surface area contributed by atoms with Gasteiger partial charge in [-0.2, -0.15) is 5.26 Å². The van der Waals surface area contributed by atoms with Crippen molar-refractivity contribution in [2.75, 3.05) is 19.8 Å². The van der Waals surface area contributed by atoms with E-state index < -0.39 is 24.3 Å². The first-order valence-corrected chi connectivity index (χ1v) is 10.2. The van der Waals surface area contributed by atoms with E-state index in [1.54, 1.807) is 6.08 Å². The summed E-state index contributed by atoms with van der Waals surface area (Å²) in [7, 11) is 0. The molecule has 3 heterocycles. The average molecular weight is 408 g/mol. The summed E-state index contributed by atoms with van der Waals surface area (Å²) >= 11 is 0. The molecule has 7 nitrogen and oxygen atoms in total. The van der Waals surface area contributed by atoms with Crippen LogP contribution >= 0.6 is 0 Å². The predicted molar refractivity (Wildman–Crippen MR) is 98.9 cm³/mol. The molecular weight excluding hydrogens is 382 g/mol. The third-order valence-electron chi connectivity index (χ3n) is 6.55. The lowest BCUT2D eigenvalue weighted by atomic mass is 9.78. The maximum absolute atomic E-state index is 13.7. The zero-order valence-corrected chi connectivity index (χ0v) is 16.1. The second-order valence-corrected chi connectivity index (χ2v) is 8.58. The van der Waals surface area contributed by atoms with Crippen molar-refractivity contribution < 1.29 is 23.1 Å². The lowest BCUT2D eigenvalue weighted by molar-refractivity contribution is -0.126. The van der Waals surface area contributed by atoms with E-state index in [0.717, 1.165) is 6.42 Å². The maximum Gasteiger partial charge on any atom is 0.247 e. The van der Waals surface area contributed by atoms with Crippen LogP contribution in [0.4, 0.5) is 8.78 Å². The number of carbonyl (C=O) groups excluding carboxylic acids is 2. The Bertz CT molecular complexity index is 740. The molecular formula is C20H26F2N4O3. The van der Waals surface area contributed by atoms with Crippen molar-refractivity contribution in [3.63, 3.8) is 0 Å². The van der Waals surface area contributed by atoms with Crippen LogP contribution in [0.1, 0.15) is 25.7 Å². The molecule has 0 aromatic rings. The van der Waals surface area contributed by atoms with Crippen LogP contribution in [-0.2, 0) is 14.3 Å². The van der Waals surface area contributed by atoms with Gasteiger partial charge in [-0.3, -0.25) is 9.59 Å². The number of nitrogens with one attached hydrogen (secondary N) is 3. The molecule has 3 N–H and O–H groups in total. The number of ether oxygens (including phenoxy) is 1. The molecule has 4 rings (SSSR count). The topological polar surface area (TPSA) is 103 Å². The van der Waals surface area contributed by atoms with Gasteiger partial charge in [0.2, 0.25) is 11.8 Å². The molecule has 9 heteroatoms. The van der Waals surface area contributed by atoms with Gasteiger partial charge in [0.05, 0.1) is 37.7 Å². The summed E-state index contributed by atoms with van der Waals surface area (Å²) in [4.78, 5) is 24.9. The van der Waals surface area contributed by atoms with Crippen LogP contribution in [0.5, 0.6) is 0 Å². The van der Waals surface area contributed by atoms with Crippen LogP contribution in [0.3, 0.4) is 0 Å². The molecule has 0 aromatic heterocycles. The highest BCUT2D eigenvalue weighted by molar-refractivity contribution is 5.99. The fraction of sp³-hybridized carbons (Fsp3) is 0.750. The number of nitrogens with zero attached hydrogens (tertiary/aromatic N) is 1. The first kappa shape index (κ1) is 20.2. The zero-order chi connectivity index (χ0) is 20.5. The summed E-state index contributed by atoms with van der Waals surface area (Å²) in [5, 5.41) is 18.1. The smallest absolute Gasteiger partial charge is 0.247 e. The van der Waals surface area contributed by atoms with Gasteiger partial charge in [0.15, 0.2) is 0 Å². The number of hydrogen-bond donors (Lipinski definition) is 3. The molecule has 4 aliphatic rings. The minimum Gasteiger partial charge on any atom is -0.379 e. The Hall–Kier alpha value is -2.05. The van der Waals surface area contributed by atoms with E-state index in [0.29, 0.717) is 25.3 Å². The van der Waals surface area contributed by atoms with Gasteiger partial charge in [-0.1, -0.05) is 6.08 Å². The monoisotopic (exact) mass is 408 g/mol. The average Bonchev–Trinajstić information content (AvgIpc) is 2.70. The molecule has 2 amide bonds. The number of alkyl halides is 2. The number of nitriles is 1. The molecule has 0 radical (unpaired) electrons. The molecule has 0 spiro atoms. The predicted octanol–water partition coefficient (Wildman–Crippen LogP) is 0.520. The minimum atomic E-state index is -1.56. The van der Waals surface area contributed by atoms with Crippen molar-refractivity contribution in [3.8, 4) is 6.07 Å². The first-order valence-electron chi connectivity index (χ1n) is 10.2. The Balaban J connectivity index is 1.36. The number of amides is 2. The molecule has 158 valence electrons. The number of halogens is 2. The third kappa shape index (κ3) is 4.28. The number of rotatable bonds is 3. The van der Waals surface area contributed by atoms with Crippen molar-refractivity contribution in [3.05, 3.63) is 11.6 Å². The lowest BCUT2D eigenvalue weighted by Gasteiger charge is -2.43. The number of fused-ring (bicyclic) bond motifs is 2. The second-order valence-electron chi connectivity index (χ2n) is 8.58. The molecule has 0 bridgehead atoms. The van der Waals surface area contributed by atoms with E-state index in [4.69, 9.17) is 10.00 Å². The van der Waals surface area contributed by atoms with Gasteiger partial charge in [-0.15, -0.1) is 0 Å². The molecule has 1 saturated carbocycles. The summed E-state index contributed by atoms with van der Waals surface area (Å²) in [6.07, 6.45) is -0.858. The standard InChI is InChI=1S/C20H26F2N4O3/c21-14-3-11-2-12(20(28)26-16(11)5-15(14)22)4-18(27)25-17-9-29-8-13-1-10(6-23)7-24-19(13)17/h2,10-11,13-17,19,24H,1,3-5,7-9H2,(H,25,27)(H,26,28)/t10?,11?,13?,14?,15?,16?,17-,19?/m1/s1. The number of carbonyl (C=O) groups is 2. The molecule has 3 aliphatic heterocycles. The summed E-state index contributed by atoms with van der Waals surface area (Å²) < 4.78 is 32.9. The molecule has 2 saturated heterocycles. The summed E-state index contributed by atoms with van der Waals surface area (Å²) in [5.41, 5.74) is 0.294. The highest BCUT2D eigenvalue weighted by Crippen LogP contribution is 2.34. The molecule has 29 heavy (non-hydrogen) atoms. The van der Waals surface area contributed by atoms with E-state index in [1.807, 2.05) is 0 Å².